The Balaban J connectivity index is 1.71. The van der Waals surface area contributed by atoms with Crippen molar-refractivity contribution in [2.75, 3.05) is 6.54 Å². The summed E-state index contributed by atoms with van der Waals surface area (Å²) in [5, 5.41) is 0. The Labute approximate surface area is 152 Å². The van der Waals surface area contributed by atoms with Crippen molar-refractivity contribution in [2.45, 2.75) is 24.6 Å². The van der Waals surface area contributed by atoms with E-state index in [0.717, 1.165) is 0 Å². The molecule has 3 rings (SSSR count). The Morgan fingerprint density at radius 1 is 1.04 bits per heavy atom. The maximum atomic E-state index is 12.6. The number of hydrogen-bond donors (Lipinski definition) is 1. The van der Waals surface area contributed by atoms with E-state index >= 15 is 0 Å². The van der Waals surface area contributed by atoms with Crippen molar-refractivity contribution >= 4 is 21.8 Å². The predicted octanol–water partition coefficient (Wildman–Crippen LogP) is 1.94. The van der Waals surface area contributed by atoms with E-state index in [2.05, 4.69) is 4.72 Å². The van der Waals surface area contributed by atoms with Gasteiger partial charge in [0.2, 0.25) is 10.0 Å². The number of rotatable bonds is 5. The molecule has 6 nitrogen and oxygen atoms in total. The number of hydrogen-bond acceptors (Lipinski definition) is 4. The van der Waals surface area contributed by atoms with Gasteiger partial charge in [0, 0.05) is 12.1 Å². The normalized spacial score (nSPS) is 19.5. The van der Waals surface area contributed by atoms with Gasteiger partial charge >= 0.3 is 0 Å². The molecule has 1 aliphatic heterocycles. The van der Waals surface area contributed by atoms with E-state index in [1.54, 1.807) is 67.6 Å². The molecule has 1 unspecified atom stereocenters. The second-order valence-electron chi connectivity index (χ2n) is 6.52. The SMILES string of the molecule is CC1(C(=O)NS(=O)(=O)Cc2ccccc2)CCN1C(=O)c1ccccc1. The molecule has 1 atom stereocenters. The molecule has 1 fully saturated rings. The van der Waals surface area contributed by atoms with Crippen molar-refractivity contribution in [3.05, 3.63) is 71.8 Å². The van der Waals surface area contributed by atoms with Crippen LogP contribution in [0.4, 0.5) is 0 Å². The van der Waals surface area contributed by atoms with E-state index in [0.29, 0.717) is 24.1 Å². The van der Waals surface area contributed by atoms with Crippen LogP contribution < -0.4 is 4.72 Å². The number of carbonyl (C=O) groups is 2. The van der Waals surface area contributed by atoms with Crippen molar-refractivity contribution in [2.24, 2.45) is 0 Å². The van der Waals surface area contributed by atoms with Crippen LogP contribution in [0.15, 0.2) is 60.7 Å². The zero-order chi connectivity index (χ0) is 18.8. The Bertz CT molecular complexity index is 913. The second kappa shape index (κ2) is 6.92. The summed E-state index contributed by atoms with van der Waals surface area (Å²) in [5.74, 6) is -1.25. The molecule has 136 valence electrons. The molecule has 2 amide bonds. The van der Waals surface area contributed by atoms with Gasteiger partial charge in [-0.25, -0.2) is 8.42 Å². The summed E-state index contributed by atoms with van der Waals surface area (Å²) in [4.78, 5) is 26.6. The van der Waals surface area contributed by atoms with Crippen molar-refractivity contribution in [1.29, 1.82) is 0 Å². The monoisotopic (exact) mass is 372 g/mol. The quantitative estimate of drug-likeness (QED) is 0.869. The third kappa shape index (κ3) is 3.62. The molecular formula is C19H20N2O4S. The highest BCUT2D eigenvalue weighted by molar-refractivity contribution is 7.89. The lowest BCUT2D eigenvalue weighted by atomic mass is 9.85. The number of carbonyl (C=O) groups excluding carboxylic acids is 2. The molecule has 2 aromatic carbocycles. The molecule has 26 heavy (non-hydrogen) atoms. The van der Waals surface area contributed by atoms with Gasteiger partial charge in [0.15, 0.2) is 0 Å². The highest BCUT2D eigenvalue weighted by Gasteiger charge is 2.50. The van der Waals surface area contributed by atoms with Gasteiger partial charge in [-0.2, -0.15) is 0 Å². The van der Waals surface area contributed by atoms with Gasteiger partial charge in [0.1, 0.15) is 5.54 Å². The fourth-order valence-corrected chi connectivity index (χ4v) is 4.14. The zero-order valence-electron chi connectivity index (χ0n) is 14.4. The first-order valence-electron chi connectivity index (χ1n) is 8.28. The summed E-state index contributed by atoms with van der Waals surface area (Å²) in [5.41, 5.74) is -0.112. The van der Waals surface area contributed by atoms with Crippen LogP contribution in [-0.4, -0.2) is 37.2 Å². The summed E-state index contributed by atoms with van der Waals surface area (Å²) >= 11 is 0. The number of amides is 2. The number of nitrogens with zero attached hydrogens (tertiary/aromatic N) is 1. The van der Waals surface area contributed by atoms with Crippen LogP contribution in [0.25, 0.3) is 0 Å². The Morgan fingerprint density at radius 3 is 2.15 bits per heavy atom. The van der Waals surface area contributed by atoms with Gasteiger partial charge in [-0.15, -0.1) is 0 Å². The molecule has 0 spiro atoms. The highest BCUT2D eigenvalue weighted by Crippen LogP contribution is 2.32. The van der Waals surface area contributed by atoms with Crippen molar-refractivity contribution < 1.29 is 18.0 Å². The van der Waals surface area contributed by atoms with Crippen LogP contribution in [0.3, 0.4) is 0 Å². The van der Waals surface area contributed by atoms with E-state index in [9.17, 15) is 18.0 Å². The van der Waals surface area contributed by atoms with Gasteiger partial charge in [-0.1, -0.05) is 48.5 Å². The van der Waals surface area contributed by atoms with E-state index in [1.807, 2.05) is 0 Å². The van der Waals surface area contributed by atoms with E-state index in [1.165, 1.54) is 4.90 Å². The maximum Gasteiger partial charge on any atom is 0.259 e. The minimum absolute atomic E-state index is 0.282. The smallest absolute Gasteiger partial charge is 0.259 e. The summed E-state index contributed by atoms with van der Waals surface area (Å²) < 4.78 is 26.7. The van der Waals surface area contributed by atoms with Crippen molar-refractivity contribution in [3.63, 3.8) is 0 Å². The van der Waals surface area contributed by atoms with Crippen LogP contribution in [0.5, 0.6) is 0 Å². The minimum atomic E-state index is -3.84. The summed E-state index contributed by atoms with van der Waals surface area (Å²) in [6.07, 6.45) is 0.415. The van der Waals surface area contributed by atoms with Crippen LogP contribution in [0.1, 0.15) is 29.3 Å². The lowest BCUT2D eigenvalue weighted by molar-refractivity contribution is -0.135. The first-order chi connectivity index (χ1) is 12.3. The Kier molecular flexibility index (Phi) is 4.82. The maximum absolute atomic E-state index is 12.6. The van der Waals surface area contributed by atoms with Crippen LogP contribution in [-0.2, 0) is 20.6 Å². The molecule has 0 aliphatic carbocycles. The van der Waals surface area contributed by atoms with Crippen LogP contribution in [0, 0.1) is 0 Å². The van der Waals surface area contributed by atoms with Gasteiger partial charge in [-0.3, -0.25) is 14.3 Å². The summed E-state index contributed by atoms with van der Waals surface area (Å²) in [7, 11) is -3.84. The predicted molar refractivity (Wildman–Crippen MR) is 97.7 cm³/mol. The largest absolute Gasteiger partial charge is 0.324 e. The molecule has 0 radical (unpaired) electrons. The Morgan fingerprint density at radius 2 is 1.62 bits per heavy atom. The summed E-state index contributed by atoms with van der Waals surface area (Å²) in [6.45, 7) is 2.00. The number of sulfonamides is 1. The molecule has 2 aromatic rings. The topological polar surface area (TPSA) is 83.6 Å². The Hall–Kier alpha value is -2.67. The van der Waals surface area contributed by atoms with Gasteiger partial charge in [0.05, 0.1) is 5.75 Å². The lowest BCUT2D eigenvalue weighted by Crippen LogP contribution is -2.67. The minimum Gasteiger partial charge on any atom is -0.324 e. The van der Waals surface area contributed by atoms with Gasteiger partial charge < -0.3 is 4.90 Å². The average molecular weight is 372 g/mol. The third-order valence-corrected chi connectivity index (χ3v) is 5.83. The lowest BCUT2D eigenvalue weighted by Gasteiger charge is -2.48. The zero-order valence-corrected chi connectivity index (χ0v) is 15.2. The molecule has 1 N–H and O–H groups in total. The first kappa shape index (κ1) is 18.1. The first-order valence-corrected chi connectivity index (χ1v) is 9.93. The fraction of sp³-hybridized carbons (Fsp3) is 0.263. The van der Waals surface area contributed by atoms with E-state index < -0.39 is 21.5 Å². The van der Waals surface area contributed by atoms with Crippen LogP contribution >= 0.6 is 0 Å². The fourth-order valence-electron chi connectivity index (χ4n) is 2.94. The number of nitrogens with one attached hydrogen (secondary N) is 1. The summed E-state index contributed by atoms with van der Waals surface area (Å²) in [6, 6.07) is 17.3. The molecule has 0 bridgehead atoms. The standard InChI is InChI=1S/C19H20N2O4S/c1-19(12-13-21(19)17(22)16-10-6-3-7-11-16)18(23)20-26(24,25)14-15-8-4-2-5-9-15/h2-11H,12-14H2,1H3,(H,20,23). The van der Waals surface area contributed by atoms with E-state index in [-0.39, 0.29) is 11.7 Å². The van der Waals surface area contributed by atoms with Crippen molar-refractivity contribution in [1.82, 2.24) is 9.62 Å². The molecule has 1 heterocycles. The van der Waals surface area contributed by atoms with Gasteiger partial charge in [0.25, 0.3) is 11.8 Å². The highest BCUT2D eigenvalue weighted by atomic mass is 32.2. The average Bonchev–Trinajstić information content (AvgIpc) is 2.60. The van der Waals surface area contributed by atoms with Crippen molar-refractivity contribution in [3.8, 4) is 0 Å². The third-order valence-electron chi connectivity index (χ3n) is 4.62. The number of likely N-dealkylation sites (tertiary alicyclic amines) is 1. The van der Waals surface area contributed by atoms with E-state index in [4.69, 9.17) is 0 Å². The second-order valence-corrected chi connectivity index (χ2v) is 8.24. The molecule has 0 aromatic heterocycles. The van der Waals surface area contributed by atoms with Gasteiger partial charge in [-0.05, 0) is 31.0 Å². The van der Waals surface area contributed by atoms with Crippen LogP contribution in [0.2, 0.25) is 0 Å². The molecule has 1 saturated heterocycles. The molecule has 1 aliphatic rings. The molecule has 0 saturated carbocycles. The number of benzene rings is 2. The molecular weight excluding hydrogens is 352 g/mol. The molecule has 7 heteroatoms.